The van der Waals surface area contributed by atoms with E-state index in [0.717, 1.165) is 18.9 Å². The summed E-state index contributed by atoms with van der Waals surface area (Å²) in [5.74, 6) is -5.14. The summed E-state index contributed by atoms with van der Waals surface area (Å²) in [7, 11) is 0. The van der Waals surface area contributed by atoms with Crippen LogP contribution < -0.4 is 5.32 Å². The maximum absolute atomic E-state index is 14.7. The number of nitrogens with zero attached hydrogens (tertiary/aromatic N) is 1. The molecule has 4 aliphatic rings. The number of aryl methyl sites for hydroxylation is 1. The van der Waals surface area contributed by atoms with E-state index < -0.39 is 23.6 Å². The molecule has 0 bridgehead atoms. The highest BCUT2D eigenvalue weighted by Crippen LogP contribution is 2.50. The number of fused-ring (bicyclic) bond motifs is 1. The average molecular weight is 525 g/mol. The second-order valence-corrected chi connectivity index (χ2v) is 11.6. The van der Waals surface area contributed by atoms with Crippen molar-refractivity contribution in [3.05, 3.63) is 59.3 Å². The van der Waals surface area contributed by atoms with E-state index in [1.807, 2.05) is 32.2 Å². The lowest BCUT2D eigenvalue weighted by atomic mass is 9.67. The summed E-state index contributed by atoms with van der Waals surface area (Å²) in [5.41, 5.74) is -1.65. The number of allylic oxidation sites excluding steroid dienone is 2. The normalized spacial score (nSPS) is 27.9. The maximum atomic E-state index is 14.7. The number of hydrogen-bond acceptors (Lipinski definition) is 3. The van der Waals surface area contributed by atoms with Gasteiger partial charge in [-0.2, -0.15) is 22.0 Å². The van der Waals surface area contributed by atoms with Crippen molar-refractivity contribution >= 4 is 5.91 Å². The Morgan fingerprint density at radius 3 is 2.49 bits per heavy atom. The minimum Gasteiger partial charge on any atom is -0.384 e. The third-order valence-electron chi connectivity index (χ3n) is 8.89. The molecule has 1 aliphatic carbocycles. The van der Waals surface area contributed by atoms with Gasteiger partial charge in [0.05, 0.1) is 18.8 Å². The average Bonchev–Trinajstić information content (AvgIpc) is 3.70. The molecule has 202 valence electrons. The van der Waals surface area contributed by atoms with Gasteiger partial charge in [-0.25, -0.2) is 0 Å². The number of amides is 1. The SMILES string of the molecule is CC(C)(CCc1ccc(C(=O)N2CCC3(C4C=CC=CN4)COC3C2)cc1C(F)(F)C(F)(F)F)C1CC1. The third kappa shape index (κ3) is 4.68. The molecule has 3 aliphatic heterocycles. The van der Waals surface area contributed by atoms with Gasteiger partial charge in [-0.1, -0.05) is 32.1 Å². The Hall–Kier alpha value is -2.42. The molecule has 3 unspecified atom stereocenters. The van der Waals surface area contributed by atoms with Crippen LogP contribution in [0.5, 0.6) is 0 Å². The number of benzene rings is 1. The molecule has 0 radical (unpaired) electrons. The summed E-state index contributed by atoms with van der Waals surface area (Å²) in [6.07, 6.45) is 5.12. The summed E-state index contributed by atoms with van der Waals surface area (Å²) in [4.78, 5) is 14.8. The number of ether oxygens (including phenoxy) is 1. The van der Waals surface area contributed by atoms with Crippen LogP contribution in [0, 0.1) is 16.7 Å². The quantitative estimate of drug-likeness (QED) is 0.446. The molecule has 5 rings (SSSR count). The predicted octanol–water partition coefficient (Wildman–Crippen LogP) is 5.98. The van der Waals surface area contributed by atoms with Gasteiger partial charge in [0.15, 0.2) is 0 Å². The first-order chi connectivity index (χ1) is 17.3. The van der Waals surface area contributed by atoms with Crippen molar-refractivity contribution in [1.29, 1.82) is 0 Å². The number of hydrogen-bond donors (Lipinski definition) is 1. The monoisotopic (exact) mass is 524 g/mol. The first-order valence-electron chi connectivity index (χ1n) is 12.9. The number of piperidine rings is 1. The lowest BCUT2D eigenvalue weighted by Gasteiger charge is -2.57. The highest BCUT2D eigenvalue weighted by molar-refractivity contribution is 5.94. The molecule has 2 saturated heterocycles. The van der Waals surface area contributed by atoms with Gasteiger partial charge in [-0.15, -0.1) is 0 Å². The van der Waals surface area contributed by atoms with Gasteiger partial charge in [-0.3, -0.25) is 4.79 Å². The standard InChI is InChI=1S/C28H33F5N2O2/c1-25(2,20-8-9-20)11-10-18-6-7-19(15-21(18)27(29,30)28(31,32)33)24(36)35-14-12-26(17-37-23(26)16-35)22-5-3-4-13-34-22/h3-7,13,15,20,22-23,34H,8-12,14,16-17H2,1-2H3. The molecule has 0 aromatic heterocycles. The smallest absolute Gasteiger partial charge is 0.384 e. The summed E-state index contributed by atoms with van der Waals surface area (Å²) < 4.78 is 75.5. The summed E-state index contributed by atoms with van der Waals surface area (Å²) >= 11 is 0. The zero-order valence-corrected chi connectivity index (χ0v) is 21.1. The van der Waals surface area contributed by atoms with Gasteiger partial charge in [-0.05, 0) is 73.4 Å². The molecule has 1 N–H and O–H groups in total. The van der Waals surface area contributed by atoms with E-state index in [1.165, 1.54) is 17.0 Å². The van der Waals surface area contributed by atoms with Gasteiger partial charge in [0, 0.05) is 29.6 Å². The molecule has 9 heteroatoms. The van der Waals surface area contributed by atoms with Gasteiger partial charge < -0.3 is 15.0 Å². The zero-order valence-electron chi connectivity index (χ0n) is 21.1. The van der Waals surface area contributed by atoms with E-state index in [-0.39, 0.29) is 47.1 Å². The Morgan fingerprint density at radius 2 is 1.92 bits per heavy atom. The van der Waals surface area contributed by atoms with E-state index in [2.05, 4.69) is 11.4 Å². The number of halogens is 5. The van der Waals surface area contributed by atoms with Crippen LogP contribution in [0.2, 0.25) is 0 Å². The topological polar surface area (TPSA) is 41.6 Å². The molecule has 1 aromatic rings. The van der Waals surface area contributed by atoms with Gasteiger partial charge >= 0.3 is 12.1 Å². The summed E-state index contributed by atoms with van der Waals surface area (Å²) in [6.45, 7) is 5.23. The van der Waals surface area contributed by atoms with Crippen molar-refractivity contribution in [3.63, 3.8) is 0 Å². The van der Waals surface area contributed by atoms with Crippen molar-refractivity contribution < 1.29 is 31.5 Å². The molecule has 3 heterocycles. The van der Waals surface area contributed by atoms with Crippen LogP contribution in [-0.2, 0) is 17.1 Å². The van der Waals surface area contributed by atoms with Crippen LogP contribution in [0.3, 0.4) is 0 Å². The fourth-order valence-electron chi connectivity index (χ4n) is 6.03. The van der Waals surface area contributed by atoms with Gasteiger partial charge in [0.25, 0.3) is 5.91 Å². The molecule has 4 nitrogen and oxygen atoms in total. The second-order valence-electron chi connectivity index (χ2n) is 11.6. The van der Waals surface area contributed by atoms with E-state index >= 15 is 0 Å². The Morgan fingerprint density at radius 1 is 1.16 bits per heavy atom. The number of rotatable bonds is 7. The number of alkyl halides is 5. The molecular weight excluding hydrogens is 491 g/mol. The molecule has 37 heavy (non-hydrogen) atoms. The molecule has 1 saturated carbocycles. The predicted molar refractivity (Wildman–Crippen MR) is 129 cm³/mol. The molecular formula is C28H33F5N2O2. The molecule has 3 fully saturated rings. The molecule has 1 aromatic carbocycles. The first kappa shape index (κ1) is 26.2. The first-order valence-corrected chi connectivity index (χ1v) is 12.9. The van der Waals surface area contributed by atoms with E-state index in [1.54, 1.807) is 0 Å². The lowest BCUT2D eigenvalue weighted by molar-refractivity contribution is -0.289. The lowest BCUT2D eigenvalue weighted by Crippen LogP contribution is -2.68. The Labute approximate surface area is 213 Å². The van der Waals surface area contributed by atoms with Crippen molar-refractivity contribution in [2.75, 3.05) is 19.7 Å². The van der Waals surface area contributed by atoms with Crippen molar-refractivity contribution in [2.45, 2.75) is 70.2 Å². The highest BCUT2D eigenvalue weighted by Gasteiger charge is 2.60. The largest absolute Gasteiger partial charge is 0.458 e. The fourth-order valence-corrected chi connectivity index (χ4v) is 6.03. The molecule has 1 amide bonds. The summed E-state index contributed by atoms with van der Waals surface area (Å²) in [5, 5.41) is 3.32. The van der Waals surface area contributed by atoms with Crippen LogP contribution in [0.25, 0.3) is 0 Å². The van der Waals surface area contributed by atoms with Crippen LogP contribution in [0.1, 0.15) is 61.0 Å². The number of dihydropyridines is 1. The van der Waals surface area contributed by atoms with E-state index in [0.29, 0.717) is 31.9 Å². The van der Waals surface area contributed by atoms with Crippen LogP contribution in [0.15, 0.2) is 42.6 Å². The highest BCUT2D eigenvalue weighted by atomic mass is 19.4. The van der Waals surface area contributed by atoms with Crippen LogP contribution >= 0.6 is 0 Å². The minimum atomic E-state index is -5.76. The Bertz CT molecular complexity index is 1110. The van der Waals surface area contributed by atoms with E-state index in [9.17, 15) is 26.7 Å². The zero-order chi connectivity index (χ0) is 26.6. The maximum Gasteiger partial charge on any atom is 0.458 e. The fraction of sp³-hybridized carbons (Fsp3) is 0.607. The Kier molecular flexibility index (Phi) is 6.44. The third-order valence-corrected chi connectivity index (χ3v) is 8.89. The van der Waals surface area contributed by atoms with Crippen LogP contribution in [-0.4, -0.2) is 48.8 Å². The van der Waals surface area contributed by atoms with Crippen molar-refractivity contribution in [2.24, 2.45) is 16.7 Å². The molecule has 0 spiro atoms. The van der Waals surface area contributed by atoms with Crippen LogP contribution in [0.4, 0.5) is 22.0 Å². The minimum absolute atomic E-state index is 0.0594. The van der Waals surface area contributed by atoms with Crippen molar-refractivity contribution in [1.82, 2.24) is 10.2 Å². The summed E-state index contributed by atoms with van der Waals surface area (Å²) in [6, 6.07) is 3.49. The van der Waals surface area contributed by atoms with Gasteiger partial charge in [0.2, 0.25) is 0 Å². The second kappa shape index (κ2) is 9.10. The Balaban J connectivity index is 1.36. The van der Waals surface area contributed by atoms with Gasteiger partial charge in [0.1, 0.15) is 0 Å². The van der Waals surface area contributed by atoms with Crippen molar-refractivity contribution in [3.8, 4) is 0 Å². The molecule has 3 atom stereocenters. The number of carbonyl (C=O) groups excluding carboxylic acids is 1. The number of nitrogens with one attached hydrogen (secondary N) is 1. The number of likely N-dealkylation sites (tertiary alicyclic amines) is 1. The number of carbonyl (C=O) groups is 1. The van der Waals surface area contributed by atoms with E-state index in [4.69, 9.17) is 4.74 Å².